The van der Waals surface area contributed by atoms with Crippen LogP contribution >= 0.6 is 0 Å². The molecule has 1 aromatic rings. The van der Waals surface area contributed by atoms with Gasteiger partial charge in [-0.25, -0.2) is 9.78 Å². The average molecular weight is 268 g/mol. The monoisotopic (exact) mass is 268 g/mol. The maximum atomic E-state index is 10.9. The fourth-order valence-electron chi connectivity index (χ4n) is 1.66. The lowest BCUT2D eigenvalue weighted by atomic mass is 10.3. The standard InChI is InChI=1S/C13H20N2O4/c1-18-9-4-7-15(8-10-19-2)12-6-3-5-11(14-12)13(16)17/h3,5-6H,4,7-10H2,1-2H3,(H,16,17). The Kier molecular flexibility index (Phi) is 6.84. The summed E-state index contributed by atoms with van der Waals surface area (Å²) in [5.74, 6) is -0.376. The number of carbonyl (C=O) groups is 1. The van der Waals surface area contributed by atoms with E-state index in [9.17, 15) is 4.79 Å². The maximum absolute atomic E-state index is 10.9. The molecule has 6 nitrogen and oxygen atoms in total. The Bertz CT molecular complexity index is 398. The number of anilines is 1. The highest BCUT2D eigenvalue weighted by atomic mass is 16.5. The first kappa shape index (κ1) is 15.4. The number of aromatic carboxylic acids is 1. The van der Waals surface area contributed by atoms with Crippen molar-refractivity contribution in [1.29, 1.82) is 0 Å². The normalized spacial score (nSPS) is 10.4. The third kappa shape index (κ3) is 5.23. The van der Waals surface area contributed by atoms with Gasteiger partial charge in [-0.15, -0.1) is 0 Å². The fraction of sp³-hybridized carbons (Fsp3) is 0.538. The Hall–Kier alpha value is -1.66. The Morgan fingerprint density at radius 2 is 2.00 bits per heavy atom. The van der Waals surface area contributed by atoms with E-state index < -0.39 is 5.97 Å². The smallest absolute Gasteiger partial charge is 0.354 e. The second-order valence-corrected chi connectivity index (χ2v) is 4.01. The summed E-state index contributed by atoms with van der Waals surface area (Å²) in [7, 11) is 3.29. The number of nitrogens with zero attached hydrogens (tertiary/aromatic N) is 2. The van der Waals surface area contributed by atoms with Crippen molar-refractivity contribution in [3.8, 4) is 0 Å². The molecule has 0 saturated heterocycles. The lowest BCUT2D eigenvalue weighted by Crippen LogP contribution is -2.30. The van der Waals surface area contributed by atoms with Gasteiger partial charge in [-0.1, -0.05) is 6.07 Å². The minimum atomic E-state index is -1.02. The van der Waals surface area contributed by atoms with Crippen LogP contribution in [0.25, 0.3) is 0 Å². The third-order valence-corrected chi connectivity index (χ3v) is 2.62. The Morgan fingerprint density at radius 3 is 2.63 bits per heavy atom. The van der Waals surface area contributed by atoms with Crippen molar-refractivity contribution < 1.29 is 19.4 Å². The molecule has 1 heterocycles. The van der Waals surface area contributed by atoms with Crippen LogP contribution < -0.4 is 4.90 Å². The summed E-state index contributed by atoms with van der Waals surface area (Å²) < 4.78 is 10.1. The van der Waals surface area contributed by atoms with E-state index in [-0.39, 0.29) is 5.69 Å². The molecule has 0 saturated carbocycles. The topological polar surface area (TPSA) is 71.9 Å². The first-order chi connectivity index (χ1) is 9.19. The van der Waals surface area contributed by atoms with Gasteiger partial charge < -0.3 is 19.5 Å². The van der Waals surface area contributed by atoms with Crippen LogP contribution in [0.1, 0.15) is 16.9 Å². The second kappa shape index (κ2) is 8.44. The lowest BCUT2D eigenvalue weighted by molar-refractivity contribution is 0.0690. The highest BCUT2D eigenvalue weighted by Gasteiger charge is 2.11. The van der Waals surface area contributed by atoms with Crippen LogP contribution in [0.15, 0.2) is 18.2 Å². The first-order valence-electron chi connectivity index (χ1n) is 6.12. The van der Waals surface area contributed by atoms with Gasteiger partial charge in [0.05, 0.1) is 6.61 Å². The van der Waals surface area contributed by atoms with Crippen LogP contribution in [-0.4, -0.2) is 56.6 Å². The molecule has 0 aromatic carbocycles. The third-order valence-electron chi connectivity index (χ3n) is 2.62. The number of carboxylic acids is 1. The molecule has 0 amide bonds. The Balaban J connectivity index is 2.76. The van der Waals surface area contributed by atoms with Crippen LogP contribution in [0.5, 0.6) is 0 Å². The van der Waals surface area contributed by atoms with E-state index >= 15 is 0 Å². The minimum absolute atomic E-state index is 0.0478. The van der Waals surface area contributed by atoms with E-state index in [0.29, 0.717) is 25.6 Å². The van der Waals surface area contributed by atoms with Gasteiger partial charge in [-0.05, 0) is 18.6 Å². The van der Waals surface area contributed by atoms with Crippen molar-refractivity contribution in [3.05, 3.63) is 23.9 Å². The van der Waals surface area contributed by atoms with Gasteiger partial charge in [0.1, 0.15) is 5.82 Å². The predicted octanol–water partition coefficient (Wildman–Crippen LogP) is 1.27. The van der Waals surface area contributed by atoms with E-state index in [1.54, 1.807) is 26.4 Å². The first-order valence-corrected chi connectivity index (χ1v) is 6.12. The summed E-state index contributed by atoms with van der Waals surface area (Å²) >= 11 is 0. The van der Waals surface area contributed by atoms with Gasteiger partial charge in [0.2, 0.25) is 0 Å². The molecule has 0 aliphatic carbocycles. The summed E-state index contributed by atoms with van der Waals surface area (Å²) in [6.45, 7) is 2.62. The summed E-state index contributed by atoms with van der Waals surface area (Å²) in [5, 5.41) is 8.96. The molecule has 0 aliphatic rings. The van der Waals surface area contributed by atoms with Crippen molar-refractivity contribution in [1.82, 2.24) is 4.98 Å². The van der Waals surface area contributed by atoms with Crippen LogP contribution in [0.4, 0.5) is 5.82 Å². The second-order valence-electron chi connectivity index (χ2n) is 4.01. The van der Waals surface area contributed by atoms with Crippen molar-refractivity contribution >= 4 is 11.8 Å². The van der Waals surface area contributed by atoms with Crippen molar-refractivity contribution in [2.24, 2.45) is 0 Å². The summed E-state index contributed by atoms with van der Waals surface area (Å²) in [6.07, 6.45) is 0.846. The van der Waals surface area contributed by atoms with Gasteiger partial charge in [-0.2, -0.15) is 0 Å². The van der Waals surface area contributed by atoms with Crippen molar-refractivity contribution in [2.45, 2.75) is 6.42 Å². The molecule has 0 bridgehead atoms. The Morgan fingerprint density at radius 1 is 1.26 bits per heavy atom. The van der Waals surface area contributed by atoms with E-state index in [4.69, 9.17) is 14.6 Å². The van der Waals surface area contributed by atoms with Gasteiger partial charge in [0, 0.05) is 33.9 Å². The molecule has 1 aromatic heterocycles. The van der Waals surface area contributed by atoms with E-state index in [2.05, 4.69) is 4.98 Å². The lowest BCUT2D eigenvalue weighted by Gasteiger charge is -2.23. The molecule has 0 radical (unpaired) electrons. The van der Waals surface area contributed by atoms with Crippen molar-refractivity contribution in [3.63, 3.8) is 0 Å². The van der Waals surface area contributed by atoms with E-state index in [1.165, 1.54) is 6.07 Å². The fourth-order valence-corrected chi connectivity index (χ4v) is 1.66. The molecular formula is C13H20N2O4. The quantitative estimate of drug-likeness (QED) is 0.680. The number of ether oxygens (including phenoxy) is 2. The van der Waals surface area contributed by atoms with E-state index in [1.807, 2.05) is 4.90 Å². The zero-order chi connectivity index (χ0) is 14.1. The predicted molar refractivity (Wildman–Crippen MR) is 71.8 cm³/mol. The molecule has 0 aliphatic heterocycles. The van der Waals surface area contributed by atoms with Gasteiger partial charge in [-0.3, -0.25) is 0 Å². The molecule has 6 heteroatoms. The molecule has 0 unspecified atom stereocenters. The summed E-state index contributed by atoms with van der Waals surface area (Å²) in [5.41, 5.74) is 0.0478. The SMILES string of the molecule is COCCCN(CCOC)c1cccc(C(=O)O)n1. The zero-order valence-electron chi connectivity index (χ0n) is 11.3. The van der Waals surface area contributed by atoms with E-state index in [0.717, 1.165) is 13.0 Å². The number of methoxy groups -OCH3 is 2. The van der Waals surface area contributed by atoms with Gasteiger partial charge >= 0.3 is 5.97 Å². The molecule has 0 fully saturated rings. The summed E-state index contributed by atoms with van der Waals surface area (Å²) in [6, 6.07) is 4.98. The zero-order valence-corrected chi connectivity index (χ0v) is 11.3. The van der Waals surface area contributed by atoms with Crippen LogP contribution in [0.2, 0.25) is 0 Å². The molecule has 1 N–H and O–H groups in total. The number of hydrogen-bond donors (Lipinski definition) is 1. The molecule has 0 atom stereocenters. The largest absolute Gasteiger partial charge is 0.477 e. The number of rotatable bonds is 9. The maximum Gasteiger partial charge on any atom is 0.354 e. The molecular weight excluding hydrogens is 248 g/mol. The van der Waals surface area contributed by atoms with Crippen LogP contribution in [0, 0.1) is 0 Å². The molecule has 0 spiro atoms. The number of hydrogen-bond acceptors (Lipinski definition) is 5. The van der Waals surface area contributed by atoms with Crippen molar-refractivity contribution in [2.75, 3.05) is 45.4 Å². The highest BCUT2D eigenvalue weighted by molar-refractivity contribution is 5.85. The van der Waals surface area contributed by atoms with Crippen LogP contribution in [0.3, 0.4) is 0 Å². The molecule has 106 valence electrons. The average Bonchev–Trinajstić information content (AvgIpc) is 2.43. The molecule has 19 heavy (non-hydrogen) atoms. The number of pyridine rings is 1. The Labute approximate surface area is 113 Å². The summed E-state index contributed by atoms with van der Waals surface area (Å²) in [4.78, 5) is 17.1. The highest BCUT2D eigenvalue weighted by Crippen LogP contribution is 2.12. The molecule has 1 rings (SSSR count). The number of carboxylic acid groups (broad SMARTS) is 1. The number of aromatic nitrogens is 1. The minimum Gasteiger partial charge on any atom is -0.477 e. The van der Waals surface area contributed by atoms with Gasteiger partial charge in [0.15, 0.2) is 5.69 Å². The van der Waals surface area contributed by atoms with Crippen LogP contribution in [-0.2, 0) is 9.47 Å². The van der Waals surface area contributed by atoms with Gasteiger partial charge in [0.25, 0.3) is 0 Å².